The molecule has 0 amide bonds. The standard InChI is InChI=1S/C22H24N2O4S2/c1-16-8-10-19(11-9-16)30(26,27)24-21(18-6-4-3-5-7-18)20(17(2)25)22(29-24)23-12-14-28-15-13-23/h3-11,21H,12-15H2,1-2H3. The van der Waals surface area contributed by atoms with Gasteiger partial charge in [-0.1, -0.05) is 48.0 Å². The first kappa shape index (κ1) is 21.1. The van der Waals surface area contributed by atoms with E-state index >= 15 is 0 Å². The highest BCUT2D eigenvalue weighted by molar-refractivity contribution is 8.11. The molecule has 2 aromatic carbocycles. The second-order valence-corrected chi connectivity index (χ2v) is 10.4. The van der Waals surface area contributed by atoms with Crippen LogP contribution in [0.2, 0.25) is 0 Å². The van der Waals surface area contributed by atoms with E-state index in [0.717, 1.165) is 23.1 Å². The van der Waals surface area contributed by atoms with E-state index in [0.29, 0.717) is 36.9 Å². The third-order valence-corrected chi connectivity index (χ3v) is 8.65. The van der Waals surface area contributed by atoms with Crippen molar-refractivity contribution in [1.82, 2.24) is 8.61 Å². The van der Waals surface area contributed by atoms with Gasteiger partial charge in [-0.05, 0) is 43.5 Å². The molecule has 0 saturated carbocycles. The molecular weight excluding hydrogens is 420 g/mol. The van der Waals surface area contributed by atoms with E-state index in [1.54, 1.807) is 24.3 Å². The summed E-state index contributed by atoms with van der Waals surface area (Å²) in [5.74, 6) is -0.126. The molecule has 2 heterocycles. The predicted molar refractivity (Wildman–Crippen MR) is 117 cm³/mol. The smallest absolute Gasteiger partial charge is 0.253 e. The van der Waals surface area contributed by atoms with Gasteiger partial charge in [0.25, 0.3) is 10.0 Å². The Morgan fingerprint density at radius 2 is 1.67 bits per heavy atom. The van der Waals surface area contributed by atoms with Crippen molar-refractivity contribution in [3.63, 3.8) is 0 Å². The summed E-state index contributed by atoms with van der Waals surface area (Å²) in [5.41, 5.74) is 2.28. The number of hydrogen-bond donors (Lipinski definition) is 0. The number of morpholine rings is 1. The largest absolute Gasteiger partial charge is 0.378 e. The van der Waals surface area contributed by atoms with Gasteiger partial charge in [0.05, 0.1) is 29.2 Å². The van der Waals surface area contributed by atoms with Crippen LogP contribution in [0, 0.1) is 6.92 Å². The fourth-order valence-corrected chi connectivity index (χ4v) is 6.88. The van der Waals surface area contributed by atoms with E-state index in [-0.39, 0.29) is 10.7 Å². The van der Waals surface area contributed by atoms with Gasteiger partial charge >= 0.3 is 0 Å². The van der Waals surface area contributed by atoms with Gasteiger partial charge < -0.3 is 9.64 Å². The van der Waals surface area contributed by atoms with Crippen molar-refractivity contribution in [2.24, 2.45) is 0 Å². The zero-order valence-electron chi connectivity index (χ0n) is 16.9. The first-order chi connectivity index (χ1) is 14.4. The van der Waals surface area contributed by atoms with E-state index in [2.05, 4.69) is 4.90 Å². The fraction of sp³-hybridized carbons (Fsp3) is 0.318. The van der Waals surface area contributed by atoms with Crippen molar-refractivity contribution < 1.29 is 17.9 Å². The summed E-state index contributed by atoms with van der Waals surface area (Å²) in [5, 5.41) is 0.704. The van der Waals surface area contributed by atoms with Gasteiger partial charge in [0.15, 0.2) is 5.78 Å². The van der Waals surface area contributed by atoms with Gasteiger partial charge in [-0.3, -0.25) is 4.79 Å². The summed E-state index contributed by atoms with van der Waals surface area (Å²) in [7, 11) is -3.85. The van der Waals surface area contributed by atoms with Gasteiger partial charge in [0, 0.05) is 18.7 Å². The molecule has 0 spiro atoms. The minimum absolute atomic E-state index is 0.126. The SMILES string of the molecule is CC(=O)C1=C(N2CCOCC2)SN(S(=O)(=O)c2ccc(C)cc2)C1c1ccccc1. The number of carbonyl (C=O) groups is 1. The monoisotopic (exact) mass is 444 g/mol. The highest BCUT2D eigenvalue weighted by atomic mass is 32.3. The number of benzene rings is 2. The van der Waals surface area contributed by atoms with Crippen LogP contribution in [-0.2, 0) is 19.6 Å². The topological polar surface area (TPSA) is 66.9 Å². The molecule has 0 aliphatic carbocycles. The molecule has 158 valence electrons. The molecule has 2 aliphatic rings. The van der Waals surface area contributed by atoms with Crippen LogP contribution < -0.4 is 0 Å². The lowest BCUT2D eigenvalue weighted by molar-refractivity contribution is -0.114. The molecule has 1 saturated heterocycles. The number of sulfonamides is 1. The number of rotatable bonds is 5. The minimum atomic E-state index is -3.85. The molecule has 2 aromatic rings. The van der Waals surface area contributed by atoms with Crippen molar-refractivity contribution in [3.8, 4) is 0 Å². The van der Waals surface area contributed by atoms with Gasteiger partial charge in [-0.2, -0.15) is 0 Å². The van der Waals surface area contributed by atoms with Crippen LogP contribution in [0.25, 0.3) is 0 Å². The average Bonchev–Trinajstić information content (AvgIpc) is 3.17. The molecule has 1 unspecified atom stereocenters. The molecule has 1 fully saturated rings. The number of ether oxygens (including phenoxy) is 1. The van der Waals surface area contributed by atoms with Crippen LogP contribution in [-0.4, -0.2) is 49.1 Å². The maximum Gasteiger partial charge on any atom is 0.253 e. The van der Waals surface area contributed by atoms with Crippen molar-refractivity contribution in [1.29, 1.82) is 0 Å². The van der Waals surface area contributed by atoms with Crippen LogP contribution >= 0.6 is 11.9 Å². The summed E-state index contributed by atoms with van der Waals surface area (Å²) in [6.45, 7) is 5.78. The van der Waals surface area contributed by atoms with Crippen molar-refractivity contribution in [2.45, 2.75) is 24.8 Å². The Labute approximate surface area is 181 Å². The quantitative estimate of drug-likeness (QED) is 0.658. The number of hydrogen-bond acceptors (Lipinski definition) is 6. The Hall–Kier alpha value is -2.13. The van der Waals surface area contributed by atoms with Crippen molar-refractivity contribution in [2.75, 3.05) is 26.3 Å². The normalized spacial score (nSPS) is 20.6. The van der Waals surface area contributed by atoms with E-state index in [9.17, 15) is 13.2 Å². The second kappa shape index (κ2) is 8.55. The van der Waals surface area contributed by atoms with E-state index in [1.807, 2.05) is 37.3 Å². The Balaban J connectivity index is 1.84. The van der Waals surface area contributed by atoms with Crippen molar-refractivity contribution in [3.05, 3.63) is 76.3 Å². The van der Waals surface area contributed by atoms with Crippen LogP contribution in [0.5, 0.6) is 0 Å². The average molecular weight is 445 g/mol. The zero-order chi connectivity index (χ0) is 21.3. The molecule has 6 nitrogen and oxygen atoms in total. The highest BCUT2D eigenvalue weighted by Gasteiger charge is 2.46. The third kappa shape index (κ3) is 3.92. The Kier molecular flexibility index (Phi) is 6.02. The predicted octanol–water partition coefficient (Wildman–Crippen LogP) is 3.52. The van der Waals surface area contributed by atoms with E-state index < -0.39 is 16.1 Å². The summed E-state index contributed by atoms with van der Waals surface area (Å²) < 4.78 is 34.1. The number of nitrogens with zero attached hydrogens (tertiary/aromatic N) is 2. The maximum atomic E-state index is 13.6. The number of ketones is 1. The Morgan fingerprint density at radius 3 is 2.27 bits per heavy atom. The van der Waals surface area contributed by atoms with Gasteiger partial charge in [-0.25, -0.2) is 8.42 Å². The van der Waals surface area contributed by atoms with E-state index in [1.165, 1.54) is 10.6 Å². The lowest BCUT2D eigenvalue weighted by atomic mass is 9.97. The summed E-state index contributed by atoms with van der Waals surface area (Å²) in [6.07, 6.45) is 0. The van der Waals surface area contributed by atoms with Gasteiger partial charge in [0.1, 0.15) is 0 Å². The number of carbonyl (C=O) groups excluding carboxylic acids is 1. The number of aryl methyl sites for hydroxylation is 1. The summed E-state index contributed by atoms with van der Waals surface area (Å²) in [6, 6.07) is 15.5. The molecule has 30 heavy (non-hydrogen) atoms. The molecule has 4 rings (SSSR count). The molecule has 0 radical (unpaired) electrons. The minimum Gasteiger partial charge on any atom is -0.378 e. The van der Waals surface area contributed by atoms with Crippen molar-refractivity contribution >= 4 is 27.8 Å². The lowest BCUT2D eigenvalue weighted by Crippen LogP contribution is -2.35. The number of Topliss-reactive ketones (excluding diaryl/α,β-unsaturated/α-hetero) is 1. The first-order valence-corrected chi connectivity index (χ1v) is 12.0. The molecule has 0 aromatic heterocycles. The summed E-state index contributed by atoms with van der Waals surface area (Å²) >= 11 is 1.14. The summed E-state index contributed by atoms with van der Waals surface area (Å²) in [4.78, 5) is 15.1. The molecule has 8 heteroatoms. The van der Waals surface area contributed by atoms with Gasteiger partial charge in [0.2, 0.25) is 0 Å². The van der Waals surface area contributed by atoms with Crippen LogP contribution in [0.1, 0.15) is 24.1 Å². The fourth-order valence-electron chi connectivity index (χ4n) is 3.67. The highest BCUT2D eigenvalue weighted by Crippen LogP contribution is 2.51. The molecule has 0 bridgehead atoms. The van der Waals surface area contributed by atoms with E-state index in [4.69, 9.17) is 4.74 Å². The molecular formula is C22H24N2O4S2. The van der Waals surface area contributed by atoms with Crippen LogP contribution in [0.3, 0.4) is 0 Å². The zero-order valence-corrected chi connectivity index (χ0v) is 18.6. The molecule has 0 N–H and O–H groups in total. The first-order valence-electron chi connectivity index (χ1n) is 9.81. The molecule has 2 aliphatic heterocycles. The maximum absolute atomic E-state index is 13.6. The van der Waals surface area contributed by atoms with Gasteiger partial charge in [-0.15, -0.1) is 3.71 Å². The third-order valence-electron chi connectivity index (χ3n) is 5.24. The Bertz CT molecular complexity index is 1060. The second-order valence-electron chi connectivity index (χ2n) is 7.35. The van der Waals surface area contributed by atoms with Crippen LogP contribution in [0.4, 0.5) is 0 Å². The Morgan fingerprint density at radius 1 is 1.03 bits per heavy atom. The lowest BCUT2D eigenvalue weighted by Gasteiger charge is -2.30. The molecule has 1 atom stereocenters. The van der Waals surface area contributed by atoms with Crippen LogP contribution in [0.15, 0.2) is 70.1 Å².